The molecule has 6 nitrogen and oxygen atoms in total. The number of carboxylic acid groups (broad SMARTS) is 1. The maximum Gasteiger partial charge on any atom is 2.00 e. The van der Waals surface area contributed by atoms with E-state index in [0.717, 1.165) is 0 Å². The van der Waals surface area contributed by atoms with Crippen molar-refractivity contribution in [3.63, 3.8) is 0 Å². The van der Waals surface area contributed by atoms with Crippen LogP contribution in [0.3, 0.4) is 0 Å². The van der Waals surface area contributed by atoms with Gasteiger partial charge < -0.3 is 18.6 Å². The Kier molecular flexibility index (Phi) is 10.3. The minimum Gasteiger partial charge on any atom is -1.00 e. The number of amides is 2. The second kappa shape index (κ2) is 9.63. The number of halogens is 3. The van der Waals surface area contributed by atoms with Gasteiger partial charge in [0.1, 0.15) is 0 Å². The van der Waals surface area contributed by atoms with E-state index in [-0.39, 0.29) is 69.1 Å². The van der Waals surface area contributed by atoms with E-state index < -0.39 is 5.97 Å². The zero-order valence-electron chi connectivity index (χ0n) is 13.0. The molecule has 0 saturated carbocycles. The molecule has 0 aliphatic heterocycles. The van der Waals surface area contributed by atoms with Crippen molar-refractivity contribution in [1.82, 2.24) is 0 Å². The summed E-state index contributed by atoms with van der Waals surface area (Å²) in [6.45, 7) is 2.67. The molecule has 21 heavy (non-hydrogen) atoms. The van der Waals surface area contributed by atoms with Crippen LogP contribution in [0.4, 0.5) is 11.4 Å². The fourth-order valence-electron chi connectivity index (χ4n) is 1.42. The van der Waals surface area contributed by atoms with Crippen LogP contribution in [0.1, 0.15) is 27.1 Å². The Balaban J connectivity index is -0.00000133. The van der Waals surface area contributed by atoms with Crippen LogP contribution in [0, 0.1) is 10.7 Å². The summed E-state index contributed by atoms with van der Waals surface area (Å²) in [4.78, 5) is 33.9. The molecule has 0 heterocycles. The van der Waals surface area contributed by atoms with Gasteiger partial charge in [-0.1, -0.05) is 0 Å². The third-order valence-corrected chi connectivity index (χ3v) is 5.37. The van der Waals surface area contributed by atoms with Gasteiger partial charge in [-0.15, -0.1) is 0 Å². The molecule has 0 atom stereocenters. The molecule has 0 aromatic heterocycles. The standard InChI is InChI=1S/C11H9I3N2O4.Ba.2H/c1-3(17)15-9-6(12)5(11(19)20)7(13)10(8(9)14)16-4(2)18;;;/h1-2H3,(H,15,17)(H,16,18)(H,19,20);;;/q;+2;2*-1. The van der Waals surface area contributed by atoms with E-state index in [0.29, 0.717) is 22.1 Å². The van der Waals surface area contributed by atoms with E-state index in [1.165, 1.54) is 13.8 Å². The Labute approximate surface area is 205 Å². The monoisotopic (exact) mass is 754 g/mol. The Morgan fingerprint density at radius 2 is 1.24 bits per heavy atom. The van der Waals surface area contributed by atoms with Crippen LogP contribution in [-0.2, 0) is 9.59 Å². The van der Waals surface area contributed by atoms with Crippen LogP contribution in [0.25, 0.3) is 0 Å². The Bertz CT molecular complexity index is 589. The number of benzene rings is 1. The average molecular weight is 753 g/mol. The molecule has 0 aliphatic rings. The number of carbonyl (C=O) groups excluding carboxylic acids is 2. The molecule has 1 aromatic carbocycles. The topological polar surface area (TPSA) is 95.5 Å². The van der Waals surface area contributed by atoms with Crippen molar-refractivity contribution in [2.24, 2.45) is 0 Å². The van der Waals surface area contributed by atoms with Gasteiger partial charge in [-0.05, 0) is 67.8 Å². The molecule has 0 unspecified atom stereocenters. The Morgan fingerprint density at radius 1 is 0.905 bits per heavy atom. The molecule has 3 N–H and O–H groups in total. The molecule has 1 rings (SSSR count). The number of nitrogens with one attached hydrogen (secondary N) is 2. The number of carbonyl (C=O) groups is 3. The van der Waals surface area contributed by atoms with Gasteiger partial charge >= 0.3 is 54.9 Å². The van der Waals surface area contributed by atoms with Gasteiger partial charge in [0.15, 0.2) is 0 Å². The van der Waals surface area contributed by atoms with Crippen molar-refractivity contribution < 1.29 is 22.3 Å². The molecule has 0 fully saturated rings. The quantitative estimate of drug-likeness (QED) is 0.327. The molecule has 1 aromatic rings. The molecule has 0 aliphatic carbocycles. The Morgan fingerprint density at radius 3 is 1.48 bits per heavy atom. The largest absolute Gasteiger partial charge is 2.00 e. The molecule has 0 radical (unpaired) electrons. The Hall–Kier alpha value is 1.39. The fourth-order valence-corrected chi connectivity index (χ4v) is 5.59. The van der Waals surface area contributed by atoms with E-state index >= 15 is 0 Å². The predicted octanol–water partition coefficient (Wildman–Crippen LogP) is 2.96. The van der Waals surface area contributed by atoms with Crippen LogP contribution in [-0.4, -0.2) is 71.8 Å². The van der Waals surface area contributed by atoms with Gasteiger partial charge in [-0.3, -0.25) is 9.59 Å². The maximum atomic E-state index is 11.4. The number of anilines is 2. The van der Waals surface area contributed by atoms with Gasteiger partial charge in [0.2, 0.25) is 11.8 Å². The second-order valence-electron chi connectivity index (χ2n) is 3.73. The summed E-state index contributed by atoms with van der Waals surface area (Å²) in [6.07, 6.45) is 0. The molecule has 0 bridgehead atoms. The fraction of sp³-hybridized carbons (Fsp3) is 0.182. The zero-order chi connectivity index (χ0) is 15.6. The van der Waals surface area contributed by atoms with Crippen molar-refractivity contribution in [3.8, 4) is 0 Å². The van der Waals surface area contributed by atoms with Crippen molar-refractivity contribution >= 4 is 146 Å². The molecular weight excluding hydrogens is 742 g/mol. The first-order valence-corrected chi connectivity index (χ1v) is 8.39. The molecule has 2 amide bonds. The SMILES string of the molecule is CC(=O)Nc1c(I)c(NC(C)=O)c(I)c(C(=O)O)c1I.[Ba+2].[H-].[H-]. The first-order chi connectivity index (χ1) is 9.16. The van der Waals surface area contributed by atoms with Gasteiger partial charge in [0.05, 0.1) is 27.6 Å². The third kappa shape index (κ3) is 5.75. The summed E-state index contributed by atoms with van der Waals surface area (Å²) >= 11 is 5.71. The van der Waals surface area contributed by atoms with Crippen LogP contribution in [0.2, 0.25) is 0 Å². The van der Waals surface area contributed by atoms with E-state index in [4.69, 9.17) is 0 Å². The normalized spacial score (nSPS) is 9.57. The molecule has 0 spiro atoms. The predicted molar refractivity (Wildman–Crippen MR) is 108 cm³/mol. The third-order valence-electron chi connectivity index (χ3n) is 2.13. The number of carboxylic acids is 1. The first kappa shape index (κ1) is 22.4. The molecular formula is C11H11BaI3N2O4. The van der Waals surface area contributed by atoms with Gasteiger partial charge in [0, 0.05) is 13.8 Å². The summed E-state index contributed by atoms with van der Waals surface area (Å²) < 4.78 is 1.44. The number of rotatable bonds is 3. The van der Waals surface area contributed by atoms with Gasteiger partial charge in [-0.2, -0.15) is 0 Å². The van der Waals surface area contributed by atoms with E-state index in [2.05, 4.69) is 10.6 Å². The van der Waals surface area contributed by atoms with E-state index in [1.807, 2.05) is 67.8 Å². The van der Waals surface area contributed by atoms with Crippen molar-refractivity contribution in [2.75, 3.05) is 10.6 Å². The molecule has 10 heteroatoms. The first-order valence-electron chi connectivity index (χ1n) is 5.15. The summed E-state index contributed by atoms with van der Waals surface area (Å²) in [5.74, 6) is -1.74. The number of hydrogen-bond donors (Lipinski definition) is 3. The molecule has 0 saturated heterocycles. The van der Waals surface area contributed by atoms with E-state index in [1.54, 1.807) is 0 Å². The minimum absolute atomic E-state index is 0. The molecule has 112 valence electrons. The van der Waals surface area contributed by atoms with E-state index in [9.17, 15) is 19.5 Å². The van der Waals surface area contributed by atoms with Crippen molar-refractivity contribution in [1.29, 1.82) is 0 Å². The minimum atomic E-state index is -1.12. The zero-order valence-corrected chi connectivity index (χ0v) is 21.9. The van der Waals surface area contributed by atoms with Crippen LogP contribution in [0.5, 0.6) is 0 Å². The van der Waals surface area contributed by atoms with Crippen molar-refractivity contribution in [2.45, 2.75) is 13.8 Å². The summed E-state index contributed by atoms with van der Waals surface area (Å²) in [6, 6.07) is 0. The van der Waals surface area contributed by atoms with Crippen LogP contribution in [0.15, 0.2) is 0 Å². The maximum absolute atomic E-state index is 11.4. The summed E-state index contributed by atoms with van der Waals surface area (Å²) in [5, 5.41) is 14.5. The number of aromatic carboxylic acids is 1. The average Bonchev–Trinajstić information content (AvgIpc) is 2.29. The van der Waals surface area contributed by atoms with Crippen molar-refractivity contribution in [3.05, 3.63) is 16.3 Å². The van der Waals surface area contributed by atoms with Crippen LogP contribution >= 0.6 is 67.8 Å². The smallest absolute Gasteiger partial charge is 1.00 e. The van der Waals surface area contributed by atoms with Crippen LogP contribution < -0.4 is 10.6 Å². The van der Waals surface area contributed by atoms with Gasteiger partial charge in [-0.25, -0.2) is 4.79 Å². The summed E-state index contributed by atoms with van der Waals surface area (Å²) in [5.41, 5.74) is 0.833. The van der Waals surface area contributed by atoms with Gasteiger partial charge in [0.25, 0.3) is 0 Å². The second-order valence-corrected chi connectivity index (χ2v) is 6.97. The number of hydrogen-bond acceptors (Lipinski definition) is 3. The summed E-state index contributed by atoms with van der Waals surface area (Å²) in [7, 11) is 0.